The fourth-order valence-corrected chi connectivity index (χ4v) is 3.47. The number of hydrogen-bond donors (Lipinski definition) is 1. The van der Waals surface area contributed by atoms with E-state index in [0.717, 1.165) is 11.1 Å². The summed E-state index contributed by atoms with van der Waals surface area (Å²) in [6, 6.07) is 11.4. The number of aryl methyl sites for hydroxylation is 2. The zero-order chi connectivity index (χ0) is 21.2. The van der Waals surface area contributed by atoms with Gasteiger partial charge in [-0.2, -0.15) is 0 Å². The first-order chi connectivity index (χ1) is 13.7. The minimum absolute atomic E-state index is 0.108. The van der Waals surface area contributed by atoms with Crippen molar-refractivity contribution >= 4 is 16.8 Å². The average molecular weight is 393 g/mol. The van der Waals surface area contributed by atoms with Crippen molar-refractivity contribution in [2.24, 2.45) is 0 Å². The smallest absolute Gasteiger partial charge is 0.278 e. The Balaban J connectivity index is 1.64. The van der Waals surface area contributed by atoms with Crippen LogP contribution in [0.25, 0.3) is 10.9 Å². The molecule has 29 heavy (non-hydrogen) atoms. The van der Waals surface area contributed by atoms with Gasteiger partial charge in [-0.1, -0.05) is 50.3 Å². The highest BCUT2D eigenvalue weighted by atomic mass is 16.2. The second-order valence-electron chi connectivity index (χ2n) is 8.51. The van der Waals surface area contributed by atoms with Crippen molar-refractivity contribution in [2.75, 3.05) is 6.54 Å². The maximum absolute atomic E-state index is 12.4. The molecule has 6 nitrogen and oxygen atoms in total. The molecule has 0 atom stereocenters. The molecule has 0 spiro atoms. The van der Waals surface area contributed by atoms with Crippen molar-refractivity contribution in [2.45, 2.75) is 53.0 Å². The van der Waals surface area contributed by atoms with Crippen LogP contribution in [0, 0.1) is 13.8 Å². The molecule has 1 amide bonds. The Kier molecular flexibility index (Phi) is 5.82. The first-order valence-electron chi connectivity index (χ1n) is 9.86. The third-order valence-corrected chi connectivity index (χ3v) is 5.18. The number of hydrogen-bond acceptors (Lipinski definition) is 4. The molecule has 0 saturated heterocycles. The van der Waals surface area contributed by atoms with Crippen LogP contribution in [0.3, 0.4) is 0 Å². The number of amides is 1. The lowest BCUT2D eigenvalue weighted by molar-refractivity contribution is -0.121. The summed E-state index contributed by atoms with van der Waals surface area (Å²) in [6.45, 7) is 11.2. The number of aromatic nitrogens is 3. The number of carbonyl (C=O) groups is 1. The van der Waals surface area contributed by atoms with Crippen molar-refractivity contribution in [3.05, 3.63) is 69.0 Å². The predicted octanol–water partition coefficient (Wildman–Crippen LogP) is 3.06. The van der Waals surface area contributed by atoms with Crippen molar-refractivity contribution in [1.82, 2.24) is 20.3 Å². The van der Waals surface area contributed by atoms with Crippen LogP contribution < -0.4 is 10.9 Å². The molecular weight excluding hydrogens is 364 g/mol. The molecule has 2 aromatic carbocycles. The Morgan fingerprint density at radius 2 is 1.76 bits per heavy atom. The second kappa shape index (κ2) is 8.15. The SMILES string of the molecule is Cc1cc(C(C)(C)C)cc(C)c1CCNC(=O)Cn1nnc2ccccc2c1=O. The van der Waals surface area contributed by atoms with Gasteiger partial charge in [-0.15, -0.1) is 5.10 Å². The zero-order valence-corrected chi connectivity index (χ0v) is 17.7. The summed E-state index contributed by atoms with van der Waals surface area (Å²) >= 11 is 0. The largest absolute Gasteiger partial charge is 0.354 e. The third kappa shape index (κ3) is 4.70. The van der Waals surface area contributed by atoms with E-state index in [1.165, 1.54) is 22.3 Å². The van der Waals surface area contributed by atoms with Gasteiger partial charge in [-0.3, -0.25) is 9.59 Å². The molecular formula is C23H28N4O2. The average Bonchev–Trinajstić information content (AvgIpc) is 2.65. The van der Waals surface area contributed by atoms with Gasteiger partial charge in [0.15, 0.2) is 0 Å². The number of rotatable bonds is 5. The highest BCUT2D eigenvalue weighted by Crippen LogP contribution is 2.27. The van der Waals surface area contributed by atoms with Crippen LogP contribution in [-0.2, 0) is 23.2 Å². The number of carbonyl (C=O) groups excluding carboxylic acids is 1. The Morgan fingerprint density at radius 3 is 2.41 bits per heavy atom. The van der Waals surface area contributed by atoms with E-state index < -0.39 is 0 Å². The fourth-order valence-electron chi connectivity index (χ4n) is 3.47. The molecule has 0 fully saturated rings. The summed E-state index contributed by atoms with van der Waals surface area (Å²) in [4.78, 5) is 24.7. The van der Waals surface area contributed by atoms with Crippen LogP contribution in [0.1, 0.15) is 43.0 Å². The van der Waals surface area contributed by atoms with Crippen molar-refractivity contribution < 1.29 is 4.79 Å². The quantitative estimate of drug-likeness (QED) is 0.724. The maximum Gasteiger partial charge on any atom is 0.278 e. The number of fused-ring (bicyclic) bond motifs is 1. The Hall–Kier alpha value is -3.02. The topological polar surface area (TPSA) is 76.9 Å². The minimum Gasteiger partial charge on any atom is -0.354 e. The van der Waals surface area contributed by atoms with Crippen molar-refractivity contribution in [1.29, 1.82) is 0 Å². The van der Waals surface area contributed by atoms with E-state index in [1.54, 1.807) is 24.3 Å². The molecule has 1 heterocycles. The molecule has 3 rings (SSSR count). The second-order valence-corrected chi connectivity index (χ2v) is 8.51. The van der Waals surface area contributed by atoms with E-state index in [1.807, 2.05) is 0 Å². The molecule has 3 aromatic rings. The summed E-state index contributed by atoms with van der Waals surface area (Å²) in [6.07, 6.45) is 0.742. The lowest BCUT2D eigenvalue weighted by Gasteiger charge is -2.22. The number of nitrogens with one attached hydrogen (secondary N) is 1. The lowest BCUT2D eigenvalue weighted by atomic mass is 9.83. The highest BCUT2D eigenvalue weighted by molar-refractivity contribution is 5.78. The van der Waals surface area contributed by atoms with Crippen LogP contribution in [0.2, 0.25) is 0 Å². The monoisotopic (exact) mass is 392 g/mol. The first kappa shape index (κ1) is 20.7. The first-order valence-corrected chi connectivity index (χ1v) is 9.86. The fraction of sp³-hybridized carbons (Fsp3) is 0.391. The van der Waals surface area contributed by atoms with Crippen molar-refractivity contribution in [3.8, 4) is 0 Å². The predicted molar refractivity (Wildman–Crippen MR) is 115 cm³/mol. The minimum atomic E-state index is -0.310. The van der Waals surface area contributed by atoms with Gasteiger partial charge < -0.3 is 5.32 Å². The van der Waals surface area contributed by atoms with Gasteiger partial charge in [0.05, 0.1) is 5.39 Å². The molecule has 0 aliphatic carbocycles. The summed E-state index contributed by atoms with van der Waals surface area (Å²) < 4.78 is 1.10. The third-order valence-electron chi connectivity index (χ3n) is 5.18. The van der Waals surface area contributed by atoms with Crippen LogP contribution in [-0.4, -0.2) is 27.4 Å². The molecule has 6 heteroatoms. The normalized spacial score (nSPS) is 11.6. The van der Waals surface area contributed by atoms with Crippen LogP contribution in [0.4, 0.5) is 0 Å². The van der Waals surface area contributed by atoms with Crippen LogP contribution >= 0.6 is 0 Å². The Bertz CT molecular complexity index is 1090. The molecule has 0 radical (unpaired) electrons. The molecule has 0 saturated carbocycles. The number of nitrogens with zero attached hydrogens (tertiary/aromatic N) is 3. The van der Waals surface area contributed by atoms with Gasteiger partial charge in [0.25, 0.3) is 5.56 Å². The maximum atomic E-state index is 12.4. The summed E-state index contributed by atoms with van der Waals surface area (Å²) in [7, 11) is 0. The van der Waals surface area contributed by atoms with Gasteiger partial charge in [0, 0.05) is 6.54 Å². The van der Waals surface area contributed by atoms with Gasteiger partial charge in [0.1, 0.15) is 12.1 Å². The van der Waals surface area contributed by atoms with E-state index in [-0.39, 0.29) is 23.4 Å². The van der Waals surface area contributed by atoms with Crippen molar-refractivity contribution in [3.63, 3.8) is 0 Å². The van der Waals surface area contributed by atoms with Gasteiger partial charge in [-0.05, 0) is 60.1 Å². The molecule has 152 valence electrons. The highest BCUT2D eigenvalue weighted by Gasteiger charge is 2.16. The van der Waals surface area contributed by atoms with Crippen LogP contribution in [0.5, 0.6) is 0 Å². The summed E-state index contributed by atoms with van der Waals surface area (Å²) in [5, 5.41) is 11.2. The molecule has 0 unspecified atom stereocenters. The zero-order valence-electron chi connectivity index (χ0n) is 17.7. The van der Waals surface area contributed by atoms with E-state index >= 15 is 0 Å². The van der Waals surface area contributed by atoms with E-state index in [0.29, 0.717) is 17.4 Å². The molecule has 0 aliphatic rings. The molecule has 0 bridgehead atoms. The standard InChI is InChI=1S/C23H28N4O2/c1-15-12-17(23(3,4)5)13-16(2)18(15)10-11-24-21(28)14-27-22(29)19-8-6-7-9-20(19)25-26-27/h6-9,12-13H,10-11,14H2,1-5H3,(H,24,28). The molecule has 0 aliphatic heterocycles. The van der Waals surface area contributed by atoms with Crippen LogP contribution in [0.15, 0.2) is 41.2 Å². The number of benzene rings is 2. The van der Waals surface area contributed by atoms with Gasteiger partial charge in [-0.25, -0.2) is 4.68 Å². The van der Waals surface area contributed by atoms with E-state index in [2.05, 4.69) is 62.4 Å². The molecule has 1 aromatic heterocycles. The van der Waals surface area contributed by atoms with Gasteiger partial charge >= 0.3 is 0 Å². The summed E-state index contributed by atoms with van der Waals surface area (Å²) in [5.74, 6) is -0.252. The van der Waals surface area contributed by atoms with E-state index in [4.69, 9.17) is 0 Å². The van der Waals surface area contributed by atoms with E-state index in [9.17, 15) is 9.59 Å². The lowest BCUT2D eigenvalue weighted by Crippen LogP contribution is -2.35. The summed E-state index contributed by atoms with van der Waals surface area (Å²) in [5.41, 5.74) is 5.36. The molecule has 1 N–H and O–H groups in total. The Morgan fingerprint density at radius 1 is 1.10 bits per heavy atom. The Labute approximate surface area is 170 Å². The van der Waals surface area contributed by atoms with Gasteiger partial charge in [0.2, 0.25) is 5.91 Å².